The molecule has 0 N–H and O–H groups in total. The summed E-state index contributed by atoms with van der Waals surface area (Å²) in [5.74, 6) is 0.203. The van der Waals surface area contributed by atoms with Crippen LogP contribution < -0.4 is 0 Å². The van der Waals surface area contributed by atoms with Crippen LogP contribution >= 0.6 is 0 Å². The molecule has 4 rings (SSSR count). The molecular formula is C20H23N5O. The number of aromatic nitrogens is 4. The summed E-state index contributed by atoms with van der Waals surface area (Å²) in [6, 6.07) is 6.48. The first-order chi connectivity index (χ1) is 12.6. The van der Waals surface area contributed by atoms with Gasteiger partial charge in [-0.25, -0.2) is 4.98 Å². The minimum Gasteiger partial charge on any atom is -0.298 e. The van der Waals surface area contributed by atoms with Crippen LogP contribution in [0.3, 0.4) is 0 Å². The first-order valence-electron chi connectivity index (χ1n) is 9.05. The molecule has 0 bridgehead atoms. The van der Waals surface area contributed by atoms with Crippen molar-refractivity contribution in [2.24, 2.45) is 7.05 Å². The number of carbonyl (C=O) groups excluding carboxylic acids is 1. The molecule has 3 aromatic heterocycles. The van der Waals surface area contributed by atoms with Crippen molar-refractivity contribution >= 4 is 16.7 Å². The molecule has 134 valence electrons. The number of hydrogen-bond acceptors (Lipinski definition) is 5. The van der Waals surface area contributed by atoms with Gasteiger partial charge in [-0.05, 0) is 38.1 Å². The van der Waals surface area contributed by atoms with Gasteiger partial charge in [0, 0.05) is 42.1 Å². The molecule has 1 aliphatic rings. The molecule has 0 atom stereocenters. The Kier molecular flexibility index (Phi) is 4.51. The topological polar surface area (TPSA) is 63.9 Å². The van der Waals surface area contributed by atoms with E-state index >= 15 is 0 Å². The van der Waals surface area contributed by atoms with Crippen LogP contribution in [0.15, 0.2) is 36.8 Å². The molecule has 6 heteroatoms. The van der Waals surface area contributed by atoms with Gasteiger partial charge in [-0.2, -0.15) is 5.10 Å². The first-order valence-corrected chi connectivity index (χ1v) is 9.05. The van der Waals surface area contributed by atoms with Crippen LogP contribution in [-0.2, 0) is 18.3 Å². The minimum absolute atomic E-state index is 0.203. The normalized spacial score (nSPS) is 14.7. The number of aryl methyl sites for hydroxylation is 1. The largest absolute Gasteiger partial charge is 0.298 e. The molecule has 0 amide bonds. The molecule has 6 nitrogen and oxygen atoms in total. The summed E-state index contributed by atoms with van der Waals surface area (Å²) < 4.78 is 1.76. The summed E-state index contributed by atoms with van der Waals surface area (Å²) in [7, 11) is 3.93. The lowest BCUT2D eigenvalue weighted by atomic mass is 9.91. The quantitative estimate of drug-likeness (QED) is 0.684. The SMILES string of the molecule is CN(CC(=O)Cc1cc2nc(-c3cnn(C)c3)ccc2cn1)C1CCC1. The maximum Gasteiger partial charge on any atom is 0.152 e. The first kappa shape index (κ1) is 16.8. The lowest BCUT2D eigenvalue weighted by molar-refractivity contribution is -0.120. The number of carbonyl (C=O) groups is 1. The second kappa shape index (κ2) is 6.96. The molecule has 1 saturated carbocycles. The van der Waals surface area contributed by atoms with Gasteiger partial charge >= 0.3 is 0 Å². The Bertz CT molecular complexity index is 944. The van der Waals surface area contributed by atoms with Gasteiger partial charge in [0.25, 0.3) is 0 Å². The minimum atomic E-state index is 0.203. The van der Waals surface area contributed by atoms with Crippen molar-refractivity contribution in [3.05, 3.63) is 42.5 Å². The fraction of sp³-hybridized carbons (Fsp3) is 0.400. The highest BCUT2D eigenvalue weighted by Gasteiger charge is 2.23. The van der Waals surface area contributed by atoms with Crippen LogP contribution in [0.25, 0.3) is 22.2 Å². The van der Waals surface area contributed by atoms with E-state index in [2.05, 4.69) is 15.0 Å². The molecule has 0 radical (unpaired) electrons. The predicted octanol–water partition coefficient (Wildman–Crippen LogP) is 2.63. The summed E-state index contributed by atoms with van der Waals surface area (Å²) in [6.45, 7) is 0.494. The van der Waals surface area contributed by atoms with Crippen LogP contribution in [0.1, 0.15) is 25.0 Å². The number of rotatable bonds is 6. The highest BCUT2D eigenvalue weighted by atomic mass is 16.1. The maximum absolute atomic E-state index is 12.4. The Morgan fingerprint density at radius 1 is 1.31 bits per heavy atom. The third-order valence-electron chi connectivity index (χ3n) is 5.13. The second-order valence-corrected chi connectivity index (χ2v) is 7.18. The smallest absolute Gasteiger partial charge is 0.152 e. The maximum atomic E-state index is 12.4. The van der Waals surface area contributed by atoms with Crippen LogP contribution in [0, 0.1) is 0 Å². The Morgan fingerprint density at radius 2 is 2.15 bits per heavy atom. The van der Waals surface area contributed by atoms with E-state index in [4.69, 9.17) is 4.98 Å². The third-order valence-corrected chi connectivity index (χ3v) is 5.13. The molecule has 0 saturated heterocycles. The summed E-state index contributed by atoms with van der Waals surface area (Å²) in [6.07, 6.45) is 9.59. The molecule has 0 aromatic carbocycles. The van der Waals surface area contributed by atoms with Gasteiger partial charge in [0.15, 0.2) is 5.78 Å². The molecule has 1 fully saturated rings. The van der Waals surface area contributed by atoms with E-state index in [0.29, 0.717) is 19.0 Å². The van der Waals surface area contributed by atoms with Gasteiger partial charge in [0.2, 0.25) is 0 Å². The van der Waals surface area contributed by atoms with Crippen molar-refractivity contribution in [2.75, 3.05) is 13.6 Å². The molecule has 0 aliphatic heterocycles. The van der Waals surface area contributed by atoms with Crippen LogP contribution in [-0.4, -0.2) is 50.1 Å². The molecule has 26 heavy (non-hydrogen) atoms. The number of fused-ring (bicyclic) bond motifs is 1. The monoisotopic (exact) mass is 349 g/mol. The fourth-order valence-electron chi connectivity index (χ4n) is 3.36. The molecule has 3 heterocycles. The standard InChI is InChI=1S/C20H23N5O/c1-24(17-4-3-5-17)13-18(26)8-16-9-20-14(10-21-16)6-7-19(23-20)15-11-22-25(2)12-15/h6-7,9-12,17H,3-5,8,13H2,1-2H3. The zero-order valence-corrected chi connectivity index (χ0v) is 15.2. The molecule has 0 spiro atoms. The van der Waals surface area contributed by atoms with Gasteiger partial charge in [-0.1, -0.05) is 6.42 Å². The lowest BCUT2D eigenvalue weighted by Gasteiger charge is -2.34. The van der Waals surface area contributed by atoms with E-state index in [1.165, 1.54) is 19.3 Å². The fourth-order valence-corrected chi connectivity index (χ4v) is 3.36. The number of likely N-dealkylation sites (N-methyl/N-ethyl adjacent to an activating group) is 1. The summed E-state index contributed by atoms with van der Waals surface area (Å²) in [5.41, 5.74) is 3.49. The van der Waals surface area contributed by atoms with Crippen LogP contribution in [0.5, 0.6) is 0 Å². The van der Waals surface area contributed by atoms with E-state index < -0.39 is 0 Å². The Morgan fingerprint density at radius 3 is 2.85 bits per heavy atom. The third kappa shape index (κ3) is 3.51. The van der Waals surface area contributed by atoms with E-state index in [1.54, 1.807) is 17.1 Å². The average molecular weight is 349 g/mol. The zero-order chi connectivity index (χ0) is 18.1. The summed E-state index contributed by atoms with van der Waals surface area (Å²) >= 11 is 0. The predicted molar refractivity (Wildman–Crippen MR) is 101 cm³/mol. The molecule has 1 aliphatic carbocycles. The Balaban J connectivity index is 1.51. The number of nitrogens with zero attached hydrogens (tertiary/aromatic N) is 5. The summed E-state index contributed by atoms with van der Waals surface area (Å²) in [5, 5.41) is 5.17. The van der Waals surface area contributed by atoms with Crippen LogP contribution in [0.4, 0.5) is 0 Å². The summed E-state index contributed by atoms with van der Waals surface area (Å²) in [4.78, 5) is 23.7. The van der Waals surface area contributed by atoms with Crippen molar-refractivity contribution in [3.8, 4) is 11.3 Å². The van der Waals surface area contributed by atoms with Gasteiger partial charge in [0.1, 0.15) is 0 Å². The second-order valence-electron chi connectivity index (χ2n) is 7.18. The van der Waals surface area contributed by atoms with E-state index in [0.717, 1.165) is 27.9 Å². The van der Waals surface area contributed by atoms with E-state index in [-0.39, 0.29) is 5.78 Å². The average Bonchev–Trinajstić information content (AvgIpc) is 2.98. The van der Waals surface area contributed by atoms with Gasteiger partial charge < -0.3 is 0 Å². The van der Waals surface area contributed by atoms with E-state index in [1.807, 2.05) is 38.5 Å². The highest BCUT2D eigenvalue weighted by Crippen LogP contribution is 2.23. The van der Waals surface area contributed by atoms with Crippen molar-refractivity contribution in [3.63, 3.8) is 0 Å². The van der Waals surface area contributed by atoms with Crippen LogP contribution in [0.2, 0.25) is 0 Å². The van der Waals surface area contributed by atoms with Gasteiger partial charge in [-0.3, -0.25) is 19.4 Å². The van der Waals surface area contributed by atoms with E-state index in [9.17, 15) is 4.79 Å². The number of ketones is 1. The number of hydrogen-bond donors (Lipinski definition) is 0. The lowest BCUT2D eigenvalue weighted by Crippen LogP contribution is -2.40. The Labute approximate surface area is 152 Å². The molecule has 3 aromatic rings. The highest BCUT2D eigenvalue weighted by molar-refractivity contribution is 5.85. The van der Waals surface area contributed by atoms with Gasteiger partial charge in [-0.15, -0.1) is 0 Å². The van der Waals surface area contributed by atoms with Crippen molar-refractivity contribution in [1.29, 1.82) is 0 Å². The Hall–Kier alpha value is -2.60. The number of pyridine rings is 2. The molecule has 0 unspecified atom stereocenters. The van der Waals surface area contributed by atoms with Crippen molar-refractivity contribution in [2.45, 2.75) is 31.7 Å². The van der Waals surface area contributed by atoms with Crippen molar-refractivity contribution in [1.82, 2.24) is 24.6 Å². The molecular weight excluding hydrogens is 326 g/mol. The van der Waals surface area contributed by atoms with Gasteiger partial charge in [0.05, 0.1) is 30.4 Å². The zero-order valence-electron chi connectivity index (χ0n) is 15.2. The van der Waals surface area contributed by atoms with Crippen molar-refractivity contribution < 1.29 is 4.79 Å². The number of Topliss-reactive ketones (excluding diaryl/α,β-unsaturated/α-hetero) is 1.